The molecule has 3 aromatic carbocycles. The molecule has 0 saturated heterocycles. The Morgan fingerprint density at radius 2 is 1.91 bits per heavy atom. The SMILES string of the molecule is CCOc1cccc([C@H]2CC(c3cccc(Br)c3)=N[C@H](c3ccc(C(=O)OC)cc3)N2)c1O. The van der Waals surface area contributed by atoms with Gasteiger partial charge in [0.15, 0.2) is 11.5 Å². The van der Waals surface area contributed by atoms with Crippen LogP contribution in [-0.4, -0.2) is 30.5 Å². The Labute approximate surface area is 201 Å². The average molecular weight is 509 g/mol. The van der Waals surface area contributed by atoms with E-state index in [1.807, 2.05) is 55.5 Å². The van der Waals surface area contributed by atoms with Crippen molar-refractivity contribution in [1.29, 1.82) is 0 Å². The van der Waals surface area contributed by atoms with Gasteiger partial charge >= 0.3 is 5.97 Å². The number of hydrogen-bond acceptors (Lipinski definition) is 6. The number of methoxy groups -OCH3 is 1. The first kappa shape index (κ1) is 23.0. The molecule has 170 valence electrons. The number of nitrogens with one attached hydrogen (secondary N) is 1. The number of benzene rings is 3. The van der Waals surface area contributed by atoms with Crippen LogP contribution in [0.15, 0.2) is 76.2 Å². The molecule has 1 heterocycles. The van der Waals surface area contributed by atoms with Crippen LogP contribution in [0.25, 0.3) is 0 Å². The van der Waals surface area contributed by atoms with E-state index in [0.717, 1.165) is 26.9 Å². The molecule has 3 aromatic rings. The van der Waals surface area contributed by atoms with Crippen molar-refractivity contribution in [1.82, 2.24) is 5.32 Å². The van der Waals surface area contributed by atoms with Gasteiger partial charge in [0, 0.05) is 28.2 Å². The summed E-state index contributed by atoms with van der Waals surface area (Å²) < 4.78 is 11.4. The molecule has 0 unspecified atom stereocenters. The summed E-state index contributed by atoms with van der Waals surface area (Å²) in [5.41, 5.74) is 4.06. The second-order valence-electron chi connectivity index (χ2n) is 7.65. The van der Waals surface area contributed by atoms with Gasteiger partial charge in [-0.2, -0.15) is 0 Å². The molecule has 0 aromatic heterocycles. The number of phenolic OH excluding ortho intramolecular Hbond substituents is 1. The van der Waals surface area contributed by atoms with Gasteiger partial charge in [-0.25, -0.2) is 4.79 Å². The number of nitrogens with zero attached hydrogens (tertiary/aromatic N) is 1. The largest absolute Gasteiger partial charge is 0.504 e. The molecular weight excluding hydrogens is 484 g/mol. The second-order valence-corrected chi connectivity index (χ2v) is 8.57. The maximum Gasteiger partial charge on any atom is 0.337 e. The molecule has 2 atom stereocenters. The van der Waals surface area contributed by atoms with Crippen molar-refractivity contribution in [2.75, 3.05) is 13.7 Å². The Kier molecular flexibility index (Phi) is 7.11. The van der Waals surface area contributed by atoms with Crippen LogP contribution in [0, 0.1) is 0 Å². The Bertz CT molecular complexity index is 1180. The highest BCUT2D eigenvalue weighted by atomic mass is 79.9. The van der Waals surface area contributed by atoms with Crippen molar-refractivity contribution in [2.45, 2.75) is 25.6 Å². The first-order valence-corrected chi connectivity index (χ1v) is 11.5. The first-order valence-electron chi connectivity index (χ1n) is 10.7. The summed E-state index contributed by atoms with van der Waals surface area (Å²) in [7, 11) is 1.36. The number of rotatable bonds is 6. The third kappa shape index (κ3) is 5.10. The Morgan fingerprint density at radius 1 is 1.15 bits per heavy atom. The van der Waals surface area contributed by atoms with Gasteiger partial charge in [0.05, 0.1) is 19.3 Å². The van der Waals surface area contributed by atoms with Gasteiger partial charge in [0.1, 0.15) is 6.17 Å². The van der Waals surface area contributed by atoms with Crippen molar-refractivity contribution in [3.63, 3.8) is 0 Å². The van der Waals surface area contributed by atoms with Gasteiger partial charge in [-0.3, -0.25) is 10.3 Å². The minimum atomic E-state index is -0.382. The summed E-state index contributed by atoms with van der Waals surface area (Å²) in [5.74, 6) is 0.210. The van der Waals surface area contributed by atoms with Crippen molar-refractivity contribution < 1.29 is 19.4 Å². The maximum atomic E-state index is 11.8. The van der Waals surface area contributed by atoms with Gasteiger partial charge in [-0.15, -0.1) is 0 Å². The summed E-state index contributed by atoms with van der Waals surface area (Å²) in [6, 6.07) is 20.6. The molecule has 1 aliphatic rings. The fourth-order valence-electron chi connectivity index (χ4n) is 3.93. The molecule has 4 rings (SSSR count). The maximum absolute atomic E-state index is 11.8. The second kappa shape index (κ2) is 10.2. The molecule has 0 amide bonds. The number of halogens is 1. The molecule has 0 fully saturated rings. The van der Waals surface area contributed by atoms with E-state index >= 15 is 0 Å². The smallest absolute Gasteiger partial charge is 0.337 e. The highest BCUT2D eigenvalue weighted by Gasteiger charge is 2.28. The minimum absolute atomic E-state index is 0.132. The predicted molar refractivity (Wildman–Crippen MR) is 131 cm³/mol. The Balaban J connectivity index is 1.73. The fourth-order valence-corrected chi connectivity index (χ4v) is 4.33. The van der Waals surface area contributed by atoms with Crippen LogP contribution in [0.2, 0.25) is 0 Å². The summed E-state index contributed by atoms with van der Waals surface area (Å²) in [6.07, 6.45) is 0.232. The number of esters is 1. The molecule has 7 heteroatoms. The lowest BCUT2D eigenvalue weighted by atomic mass is 9.93. The van der Waals surface area contributed by atoms with E-state index in [0.29, 0.717) is 24.3 Å². The van der Waals surface area contributed by atoms with E-state index in [1.165, 1.54) is 7.11 Å². The number of ether oxygens (including phenoxy) is 2. The lowest BCUT2D eigenvalue weighted by Gasteiger charge is -2.31. The number of carbonyl (C=O) groups excluding carboxylic acids is 1. The molecule has 0 radical (unpaired) electrons. The van der Waals surface area contributed by atoms with Crippen LogP contribution in [-0.2, 0) is 4.74 Å². The van der Waals surface area contributed by atoms with Crippen LogP contribution in [0.1, 0.15) is 52.6 Å². The molecule has 0 spiro atoms. The third-order valence-corrected chi connectivity index (χ3v) is 6.05. The van der Waals surface area contributed by atoms with E-state index in [2.05, 4.69) is 21.2 Å². The molecule has 0 bridgehead atoms. The first-order chi connectivity index (χ1) is 16.0. The molecule has 2 N–H and O–H groups in total. The number of phenols is 1. The van der Waals surface area contributed by atoms with E-state index in [4.69, 9.17) is 14.5 Å². The monoisotopic (exact) mass is 508 g/mol. The van der Waals surface area contributed by atoms with Crippen molar-refractivity contribution >= 4 is 27.6 Å². The topological polar surface area (TPSA) is 80.2 Å². The summed E-state index contributed by atoms with van der Waals surface area (Å²) in [6.45, 7) is 2.35. The zero-order valence-electron chi connectivity index (χ0n) is 18.4. The van der Waals surface area contributed by atoms with Gasteiger partial charge in [0.2, 0.25) is 0 Å². The van der Waals surface area contributed by atoms with Crippen LogP contribution in [0.5, 0.6) is 11.5 Å². The molecule has 33 heavy (non-hydrogen) atoms. The third-order valence-electron chi connectivity index (χ3n) is 5.55. The van der Waals surface area contributed by atoms with Crippen molar-refractivity contribution in [3.8, 4) is 11.5 Å². The van der Waals surface area contributed by atoms with Gasteiger partial charge in [0.25, 0.3) is 0 Å². The number of hydrogen-bond donors (Lipinski definition) is 2. The lowest BCUT2D eigenvalue weighted by molar-refractivity contribution is 0.0600. The van der Waals surface area contributed by atoms with Gasteiger partial charge in [-0.05, 0) is 48.4 Å². The van der Waals surface area contributed by atoms with Crippen LogP contribution < -0.4 is 10.1 Å². The average Bonchev–Trinajstić information content (AvgIpc) is 2.85. The highest BCUT2D eigenvalue weighted by molar-refractivity contribution is 9.10. The van der Waals surface area contributed by atoms with E-state index < -0.39 is 0 Å². The van der Waals surface area contributed by atoms with E-state index in [1.54, 1.807) is 18.2 Å². The predicted octanol–water partition coefficient (Wildman–Crippen LogP) is 5.56. The van der Waals surface area contributed by atoms with Crippen molar-refractivity contribution in [3.05, 3.63) is 93.5 Å². The molecule has 0 aliphatic carbocycles. The zero-order valence-corrected chi connectivity index (χ0v) is 20.0. The highest BCUT2D eigenvalue weighted by Crippen LogP contribution is 2.39. The molecule has 1 aliphatic heterocycles. The van der Waals surface area contributed by atoms with Crippen LogP contribution >= 0.6 is 15.9 Å². The molecule has 6 nitrogen and oxygen atoms in total. The zero-order chi connectivity index (χ0) is 23.4. The number of carbonyl (C=O) groups is 1. The molecule has 0 saturated carbocycles. The van der Waals surface area contributed by atoms with E-state index in [-0.39, 0.29) is 23.9 Å². The van der Waals surface area contributed by atoms with Gasteiger partial charge < -0.3 is 14.6 Å². The lowest BCUT2D eigenvalue weighted by Crippen LogP contribution is -2.33. The summed E-state index contributed by atoms with van der Waals surface area (Å²) in [5, 5.41) is 14.4. The number of aromatic hydroxyl groups is 1. The van der Waals surface area contributed by atoms with Crippen LogP contribution in [0.3, 0.4) is 0 Å². The number of aliphatic imine (C=N–C) groups is 1. The van der Waals surface area contributed by atoms with E-state index in [9.17, 15) is 9.90 Å². The van der Waals surface area contributed by atoms with Gasteiger partial charge in [-0.1, -0.05) is 52.3 Å². The van der Waals surface area contributed by atoms with Crippen LogP contribution in [0.4, 0.5) is 0 Å². The summed E-state index contributed by atoms with van der Waals surface area (Å²) in [4.78, 5) is 16.8. The quantitative estimate of drug-likeness (QED) is 0.426. The normalized spacial score (nSPS) is 17.8. The minimum Gasteiger partial charge on any atom is -0.504 e. The molecular formula is C26H25BrN2O4. The Morgan fingerprint density at radius 3 is 2.61 bits per heavy atom. The standard InChI is InChI=1S/C26H25BrN2O4/c1-3-33-23-9-5-8-20(24(23)30)22-15-21(18-6-4-7-19(27)14-18)28-25(29-22)16-10-12-17(13-11-16)26(31)32-2/h4-14,22,25,29-30H,3,15H2,1-2H3/t22-,25+/m1/s1. The summed E-state index contributed by atoms with van der Waals surface area (Å²) >= 11 is 3.54. The fraction of sp³-hybridized carbons (Fsp3) is 0.231. The van der Waals surface area contributed by atoms with Crippen molar-refractivity contribution in [2.24, 2.45) is 4.99 Å². The Hall–Kier alpha value is -3.16. The number of para-hydroxylation sites is 1.